The Morgan fingerprint density at radius 1 is 1.00 bits per heavy atom. The van der Waals surface area contributed by atoms with Crippen LogP contribution in [-0.4, -0.2) is 75.2 Å². The van der Waals surface area contributed by atoms with Gasteiger partial charge in [0.2, 0.25) is 0 Å². The van der Waals surface area contributed by atoms with Crippen molar-refractivity contribution in [3.05, 3.63) is 52.9 Å². The van der Waals surface area contributed by atoms with Crippen molar-refractivity contribution in [2.75, 3.05) is 58.3 Å². The monoisotopic (exact) mass is 568 g/mol. The lowest BCUT2D eigenvalue weighted by molar-refractivity contribution is 0.148. The molecule has 0 amide bonds. The highest BCUT2D eigenvalue weighted by molar-refractivity contribution is 14.0. The first-order valence-corrected chi connectivity index (χ1v) is 12.3. The summed E-state index contributed by atoms with van der Waals surface area (Å²) in [5.41, 5.74) is 2.69. The summed E-state index contributed by atoms with van der Waals surface area (Å²) < 4.78 is 0. The number of nitrogens with one attached hydrogen (secondary N) is 2. The van der Waals surface area contributed by atoms with Crippen molar-refractivity contribution in [3.63, 3.8) is 0 Å². The third-order valence-corrected chi connectivity index (χ3v) is 7.29. The topological polar surface area (TPSA) is 46.1 Å². The number of guanidine groups is 1. The number of halogens is 1. The zero-order chi connectivity index (χ0) is 21.5. The first-order chi connectivity index (χ1) is 15.2. The summed E-state index contributed by atoms with van der Waals surface area (Å²) in [5.74, 6) is 0.899. The molecule has 0 unspecified atom stereocenters. The molecule has 32 heavy (non-hydrogen) atoms. The number of benzene rings is 1. The predicted octanol–water partition coefficient (Wildman–Crippen LogP) is 3.45. The third-order valence-electron chi connectivity index (χ3n) is 6.36. The Bertz CT molecular complexity index is 810. The number of likely N-dealkylation sites (N-methyl/N-ethyl adjacent to an activating group) is 1. The number of nitrogens with zero attached hydrogens (tertiary/aromatic N) is 4. The average Bonchev–Trinajstić information content (AvgIpc) is 3.34. The highest BCUT2D eigenvalue weighted by atomic mass is 127. The van der Waals surface area contributed by atoms with E-state index < -0.39 is 0 Å². The number of rotatable bonds is 6. The van der Waals surface area contributed by atoms with Gasteiger partial charge in [-0.05, 0) is 48.5 Å². The fourth-order valence-corrected chi connectivity index (χ4v) is 5.08. The van der Waals surface area contributed by atoms with Crippen molar-refractivity contribution in [3.8, 4) is 0 Å². The van der Waals surface area contributed by atoms with Gasteiger partial charge in [0, 0.05) is 65.4 Å². The van der Waals surface area contributed by atoms with Crippen LogP contribution in [0.2, 0.25) is 0 Å². The van der Waals surface area contributed by atoms with E-state index >= 15 is 0 Å². The molecule has 0 spiro atoms. The Hall–Kier alpha value is -1.36. The second-order valence-electron chi connectivity index (χ2n) is 8.68. The smallest absolute Gasteiger partial charge is 0.191 e. The molecule has 6 nitrogen and oxygen atoms in total. The molecule has 1 aromatic carbocycles. The Balaban J connectivity index is 0.00000289. The van der Waals surface area contributed by atoms with Gasteiger partial charge >= 0.3 is 0 Å². The molecule has 3 heterocycles. The molecule has 176 valence electrons. The van der Waals surface area contributed by atoms with Crippen LogP contribution in [0.3, 0.4) is 0 Å². The maximum atomic E-state index is 4.44. The van der Waals surface area contributed by atoms with Crippen LogP contribution in [0, 0.1) is 0 Å². The van der Waals surface area contributed by atoms with Crippen LogP contribution in [0.5, 0.6) is 0 Å². The van der Waals surface area contributed by atoms with E-state index in [1.165, 1.54) is 29.2 Å². The van der Waals surface area contributed by atoms with E-state index in [1.807, 2.05) is 18.4 Å². The van der Waals surface area contributed by atoms with Crippen molar-refractivity contribution in [2.45, 2.75) is 32.0 Å². The molecule has 0 saturated carbocycles. The van der Waals surface area contributed by atoms with Crippen LogP contribution in [-0.2, 0) is 13.1 Å². The van der Waals surface area contributed by atoms with Crippen LogP contribution in [0.4, 0.5) is 5.00 Å². The second-order valence-corrected chi connectivity index (χ2v) is 9.60. The maximum absolute atomic E-state index is 4.44. The van der Waals surface area contributed by atoms with Gasteiger partial charge in [0.1, 0.15) is 0 Å². The average molecular weight is 569 g/mol. The van der Waals surface area contributed by atoms with Gasteiger partial charge in [-0.1, -0.05) is 24.3 Å². The highest BCUT2D eigenvalue weighted by Crippen LogP contribution is 2.24. The first kappa shape index (κ1) is 25.3. The molecule has 0 bridgehead atoms. The van der Waals surface area contributed by atoms with Crippen LogP contribution in [0.25, 0.3) is 0 Å². The summed E-state index contributed by atoms with van der Waals surface area (Å²) in [7, 11) is 4.06. The van der Waals surface area contributed by atoms with Crippen molar-refractivity contribution in [1.29, 1.82) is 0 Å². The fourth-order valence-electron chi connectivity index (χ4n) is 4.29. The molecular formula is C24H37IN6S. The van der Waals surface area contributed by atoms with Gasteiger partial charge in [-0.15, -0.1) is 35.3 Å². The quantitative estimate of drug-likeness (QED) is 0.318. The molecule has 0 aliphatic carbocycles. The fraction of sp³-hybridized carbons (Fsp3) is 0.542. The number of thiophene rings is 1. The Morgan fingerprint density at radius 3 is 2.31 bits per heavy atom. The second kappa shape index (κ2) is 12.8. The summed E-state index contributed by atoms with van der Waals surface area (Å²) in [6.45, 7) is 8.70. The molecular weight excluding hydrogens is 531 g/mol. The van der Waals surface area contributed by atoms with E-state index in [1.54, 1.807) is 0 Å². The summed E-state index contributed by atoms with van der Waals surface area (Å²) >= 11 is 1.83. The van der Waals surface area contributed by atoms with E-state index in [0.717, 1.165) is 58.1 Å². The summed E-state index contributed by atoms with van der Waals surface area (Å²) in [6.07, 6.45) is 2.28. The normalized spacial score (nSPS) is 18.9. The molecule has 2 N–H and O–H groups in total. The minimum Gasteiger partial charge on any atom is -0.363 e. The van der Waals surface area contributed by atoms with Crippen LogP contribution in [0.15, 0.2) is 46.8 Å². The van der Waals surface area contributed by atoms with Crippen LogP contribution >= 0.6 is 35.3 Å². The molecule has 2 aliphatic rings. The van der Waals surface area contributed by atoms with Crippen molar-refractivity contribution >= 4 is 46.3 Å². The highest BCUT2D eigenvalue weighted by Gasteiger charge is 2.20. The van der Waals surface area contributed by atoms with Gasteiger partial charge in [0.25, 0.3) is 0 Å². The van der Waals surface area contributed by atoms with Gasteiger partial charge in [-0.25, -0.2) is 0 Å². The maximum Gasteiger partial charge on any atom is 0.191 e. The van der Waals surface area contributed by atoms with E-state index in [-0.39, 0.29) is 24.0 Å². The molecule has 4 rings (SSSR count). The molecule has 0 atom stereocenters. The first-order valence-electron chi connectivity index (χ1n) is 11.4. The van der Waals surface area contributed by atoms with Crippen LogP contribution < -0.4 is 15.5 Å². The van der Waals surface area contributed by atoms with E-state index in [2.05, 4.69) is 79.2 Å². The minimum atomic E-state index is 0. The largest absolute Gasteiger partial charge is 0.363 e. The van der Waals surface area contributed by atoms with Crippen molar-refractivity contribution < 1.29 is 0 Å². The summed E-state index contributed by atoms with van der Waals surface area (Å²) in [5, 5.41) is 10.6. The number of piperidine rings is 1. The van der Waals surface area contributed by atoms with E-state index in [0.29, 0.717) is 6.04 Å². The van der Waals surface area contributed by atoms with Crippen LogP contribution in [0.1, 0.15) is 24.0 Å². The Morgan fingerprint density at radius 2 is 1.69 bits per heavy atom. The van der Waals surface area contributed by atoms with E-state index in [9.17, 15) is 0 Å². The van der Waals surface area contributed by atoms with Gasteiger partial charge in [-0.2, -0.15) is 0 Å². The predicted molar refractivity (Wildman–Crippen MR) is 148 cm³/mol. The SMILES string of the molecule is CN=C(NCc1ccc(CN2CCN(C)CC2)cc1)NC1CCN(c2cccs2)CC1.I. The molecule has 2 aromatic rings. The van der Waals surface area contributed by atoms with Crippen molar-refractivity contribution in [1.82, 2.24) is 20.4 Å². The molecule has 2 aliphatic heterocycles. The molecule has 2 saturated heterocycles. The zero-order valence-corrected chi connectivity index (χ0v) is 22.4. The van der Waals surface area contributed by atoms with Gasteiger partial charge in [0.05, 0.1) is 5.00 Å². The molecule has 8 heteroatoms. The third kappa shape index (κ3) is 7.33. The summed E-state index contributed by atoms with van der Waals surface area (Å²) in [6, 6.07) is 13.9. The number of hydrogen-bond acceptors (Lipinski definition) is 5. The van der Waals surface area contributed by atoms with Gasteiger partial charge in [-0.3, -0.25) is 9.89 Å². The van der Waals surface area contributed by atoms with E-state index in [4.69, 9.17) is 0 Å². The van der Waals surface area contributed by atoms with Gasteiger partial charge < -0.3 is 20.4 Å². The lowest BCUT2D eigenvalue weighted by Gasteiger charge is -2.33. The zero-order valence-electron chi connectivity index (χ0n) is 19.3. The number of anilines is 1. The Labute approximate surface area is 214 Å². The molecule has 1 aromatic heterocycles. The Kier molecular flexibility index (Phi) is 10.1. The molecule has 2 fully saturated rings. The van der Waals surface area contributed by atoms with Crippen molar-refractivity contribution in [2.24, 2.45) is 4.99 Å². The number of hydrogen-bond donors (Lipinski definition) is 2. The number of piperazine rings is 1. The molecule has 0 radical (unpaired) electrons. The lowest BCUT2D eigenvalue weighted by atomic mass is 10.1. The summed E-state index contributed by atoms with van der Waals surface area (Å²) in [4.78, 5) is 11.9. The minimum absolute atomic E-state index is 0. The standard InChI is InChI=1S/C24H36N6S.HI/c1-25-24(27-22-9-11-30(12-10-22)23-4-3-17-31-23)26-18-20-5-7-21(8-6-20)19-29-15-13-28(2)14-16-29;/h3-8,17,22H,9-16,18-19H2,1-2H3,(H2,25,26,27);1H. The van der Waals surface area contributed by atoms with Gasteiger partial charge in [0.15, 0.2) is 5.96 Å². The number of aliphatic imine (C=N–C) groups is 1. The lowest BCUT2D eigenvalue weighted by Crippen LogP contribution is -2.48.